The lowest BCUT2D eigenvalue weighted by molar-refractivity contribution is 1.55. The molecule has 82 valence electrons. The molecule has 0 fully saturated rings. The van der Waals surface area contributed by atoms with Crippen LogP contribution in [0.15, 0.2) is 42.5 Å². The minimum atomic E-state index is 0.562. The highest BCUT2D eigenvalue weighted by molar-refractivity contribution is 6.37. The fraction of sp³-hybridized carbons (Fsp3) is 0. The first kappa shape index (κ1) is 11.6. The van der Waals surface area contributed by atoms with Crippen LogP contribution in [0.25, 0.3) is 0 Å². The smallest absolute Gasteiger partial charge is 0.0655 e. The minimum absolute atomic E-state index is 0.562. The van der Waals surface area contributed by atoms with E-state index in [0.29, 0.717) is 15.1 Å². The van der Waals surface area contributed by atoms with Gasteiger partial charge in [-0.3, -0.25) is 0 Å². The van der Waals surface area contributed by atoms with E-state index in [4.69, 9.17) is 34.8 Å². The molecule has 0 saturated heterocycles. The zero-order valence-electron chi connectivity index (χ0n) is 8.18. The van der Waals surface area contributed by atoms with Gasteiger partial charge in [0.1, 0.15) is 0 Å². The number of nitrogens with one attached hydrogen (secondary N) is 1. The molecule has 0 saturated carbocycles. The summed E-state index contributed by atoms with van der Waals surface area (Å²) >= 11 is 17.9. The van der Waals surface area contributed by atoms with Crippen LogP contribution in [0, 0.1) is 0 Å². The van der Waals surface area contributed by atoms with Gasteiger partial charge in [0.25, 0.3) is 0 Å². The molecule has 0 heterocycles. The second-order valence-electron chi connectivity index (χ2n) is 3.23. The maximum Gasteiger partial charge on any atom is 0.0655 e. The van der Waals surface area contributed by atoms with E-state index in [-0.39, 0.29) is 0 Å². The Labute approximate surface area is 109 Å². The monoisotopic (exact) mass is 271 g/mol. The molecule has 1 N–H and O–H groups in total. The molecule has 0 aliphatic heterocycles. The van der Waals surface area contributed by atoms with Crippen LogP contribution in [-0.2, 0) is 0 Å². The molecular formula is C12H8Cl3N. The number of benzene rings is 2. The fourth-order valence-corrected chi connectivity index (χ4v) is 1.94. The van der Waals surface area contributed by atoms with E-state index in [2.05, 4.69) is 5.32 Å². The number of hydrogen-bond donors (Lipinski definition) is 1. The van der Waals surface area contributed by atoms with Crippen LogP contribution < -0.4 is 5.32 Å². The third-order valence-corrected chi connectivity index (χ3v) is 2.95. The van der Waals surface area contributed by atoms with Gasteiger partial charge in [-0.15, -0.1) is 0 Å². The predicted molar refractivity (Wildman–Crippen MR) is 71.2 cm³/mol. The summed E-state index contributed by atoms with van der Waals surface area (Å²) in [5, 5.41) is 4.96. The molecule has 1 nitrogen and oxygen atoms in total. The number of para-hydroxylation sites is 1. The summed E-state index contributed by atoms with van der Waals surface area (Å²) in [5.41, 5.74) is 1.59. The Morgan fingerprint density at radius 3 is 2.12 bits per heavy atom. The first-order chi connectivity index (χ1) is 7.66. The van der Waals surface area contributed by atoms with Crippen molar-refractivity contribution in [3.8, 4) is 0 Å². The van der Waals surface area contributed by atoms with Crippen molar-refractivity contribution in [2.75, 3.05) is 5.32 Å². The summed E-state index contributed by atoms with van der Waals surface area (Å²) in [6.45, 7) is 0. The quantitative estimate of drug-likeness (QED) is 0.773. The molecule has 0 atom stereocenters. The topological polar surface area (TPSA) is 12.0 Å². The zero-order valence-corrected chi connectivity index (χ0v) is 10.4. The largest absolute Gasteiger partial charge is 0.353 e. The summed E-state index contributed by atoms with van der Waals surface area (Å²) in [7, 11) is 0. The zero-order chi connectivity index (χ0) is 11.5. The van der Waals surface area contributed by atoms with Gasteiger partial charge in [0.05, 0.1) is 21.4 Å². The van der Waals surface area contributed by atoms with Gasteiger partial charge in [-0.05, 0) is 30.3 Å². The van der Waals surface area contributed by atoms with E-state index in [1.54, 1.807) is 12.1 Å². The van der Waals surface area contributed by atoms with Crippen LogP contribution in [0.3, 0.4) is 0 Å². The normalized spacial score (nSPS) is 10.2. The predicted octanol–water partition coefficient (Wildman–Crippen LogP) is 5.39. The van der Waals surface area contributed by atoms with Crippen molar-refractivity contribution >= 4 is 46.2 Å². The van der Waals surface area contributed by atoms with E-state index in [1.165, 1.54) is 0 Å². The maximum atomic E-state index is 6.04. The third-order valence-electron chi connectivity index (χ3n) is 2.07. The van der Waals surface area contributed by atoms with Crippen LogP contribution in [0.4, 0.5) is 11.4 Å². The average molecular weight is 273 g/mol. The van der Waals surface area contributed by atoms with Crippen LogP contribution in [0.1, 0.15) is 0 Å². The fourth-order valence-electron chi connectivity index (χ4n) is 1.30. The van der Waals surface area contributed by atoms with Crippen LogP contribution in [-0.4, -0.2) is 0 Å². The Balaban J connectivity index is 2.31. The van der Waals surface area contributed by atoms with Crippen molar-refractivity contribution in [3.05, 3.63) is 57.5 Å². The Kier molecular flexibility index (Phi) is 3.59. The molecule has 0 aromatic heterocycles. The second kappa shape index (κ2) is 4.96. The summed E-state index contributed by atoms with van der Waals surface area (Å²) in [5.74, 6) is 0. The van der Waals surface area contributed by atoms with Crippen LogP contribution in [0.2, 0.25) is 15.1 Å². The van der Waals surface area contributed by atoms with Crippen molar-refractivity contribution in [1.29, 1.82) is 0 Å². The van der Waals surface area contributed by atoms with Gasteiger partial charge < -0.3 is 5.32 Å². The molecule has 0 aliphatic carbocycles. The first-order valence-corrected chi connectivity index (χ1v) is 5.77. The summed E-state index contributed by atoms with van der Waals surface area (Å²) in [6.07, 6.45) is 0. The molecule has 0 amide bonds. The average Bonchev–Trinajstić information content (AvgIpc) is 2.25. The molecule has 0 spiro atoms. The first-order valence-electron chi connectivity index (χ1n) is 4.63. The van der Waals surface area contributed by atoms with Crippen LogP contribution in [0.5, 0.6) is 0 Å². The summed E-state index contributed by atoms with van der Waals surface area (Å²) < 4.78 is 0. The Hall–Kier alpha value is -0.890. The molecule has 0 bridgehead atoms. The third kappa shape index (κ3) is 2.62. The van der Waals surface area contributed by atoms with Crippen molar-refractivity contribution in [1.82, 2.24) is 0 Å². The standard InChI is InChI=1S/C12H8Cl3N/c13-8-5-6-12(10(15)7-8)16-11-4-2-1-3-9(11)14/h1-7,16H. The van der Waals surface area contributed by atoms with E-state index in [1.807, 2.05) is 30.3 Å². The van der Waals surface area contributed by atoms with Gasteiger partial charge in [-0.25, -0.2) is 0 Å². The van der Waals surface area contributed by atoms with Gasteiger partial charge >= 0.3 is 0 Å². The molecule has 2 aromatic carbocycles. The molecule has 0 radical (unpaired) electrons. The number of rotatable bonds is 2. The maximum absolute atomic E-state index is 6.04. The van der Waals surface area contributed by atoms with E-state index in [9.17, 15) is 0 Å². The van der Waals surface area contributed by atoms with Gasteiger partial charge in [0.2, 0.25) is 0 Å². The van der Waals surface area contributed by atoms with Crippen LogP contribution >= 0.6 is 34.8 Å². The van der Waals surface area contributed by atoms with Gasteiger partial charge in [0.15, 0.2) is 0 Å². The van der Waals surface area contributed by atoms with Gasteiger partial charge in [-0.2, -0.15) is 0 Å². The Bertz CT molecular complexity index is 511. The van der Waals surface area contributed by atoms with Crippen molar-refractivity contribution in [3.63, 3.8) is 0 Å². The lowest BCUT2D eigenvalue weighted by Gasteiger charge is -2.09. The van der Waals surface area contributed by atoms with Crippen molar-refractivity contribution in [2.45, 2.75) is 0 Å². The second-order valence-corrected chi connectivity index (χ2v) is 4.48. The van der Waals surface area contributed by atoms with E-state index in [0.717, 1.165) is 11.4 Å². The number of hydrogen-bond acceptors (Lipinski definition) is 1. The molecule has 0 unspecified atom stereocenters. The number of halogens is 3. The summed E-state index contributed by atoms with van der Waals surface area (Å²) in [4.78, 5) is 0. The molecule has 2 aromatic rings. The van der Waals surface area contributed by atoms with E-state index >= 15 is 0 Å². The van der Waals surface area contributed by atoms with E-state index < -0.39 is 0 Å². The highest BCUT2D eigenvalue weighted by atomic mass is 35.5. The van der Waals surface area contributed by atoms with Gasteiger partial charge in [-0.1, -0.05) is 46.9 Å². The summed E-state index contributed by atoms with van der Waals surface area (Å²) in [6, 6.07) is 12.7. The Morgan fingerprint density at radius 2 is 1.44 bits per heavy atom. The lowest BCUT2D eigenvalue weighted by atomic mass is 10.2. The highest BCUT2D eigenvalue weighted by Gasteiger charge is 2.03. The molecule has 4 heteroatoms. The van der Waals surface area contributed by atoms with Gasteiger partial charge in [0, 0.05) is 5.02 Å². The van der Waals surface area contributed by atoms with Crippen molar-refractivity contribution < 1.29 is 0 Å². The molecule has 0 aliphatic rings. The number of anilines is 2. The SMILES string of the molecule is Clc1ccc(Nc2ccccc2Cl)c(Cl)c1. The minimum Gasteiger partial charge on any atom is -0.353 e. The highest BCUT2D eigenvalue weighted by Crippen LogP contribution is 2.30. The molecular weight excluding hydrogens is 264 g/mol. The molecule has 2 rings (SSSR count). The lowest BCUT2D eigenvalue weighted by Crippen LogP contribution is -1.91. The molecule has 16 heavy (non-hydrogen) atoms. The van der Waals surface area contributed by atoms with Crippen molar-refractivity contribution in [2.24, 2.45) is 0 Å². The Morgan fingerprint density at radius 1 is 0.750 bits per heavy atom.